The van der Waals surface area contributed by atoms with Crippen molar-refractivity contribution in [2.24, 2.45) is 5.92 Å². The van der Waals surface area contributed by atoms with Gasteiger partial charge >= 0.3 is 12.3 Å². The molecule has 2 radical (unpaired) electrons. The van der Waals surface area contributed by atoms with Crippen molar-refractivity contribution in [2.45, 2.75) is 57.2 Å². The minimum absolute atomic E-state index is 0.0691. The number of carboxylic acid groups (broad SMARTS) is 1. The normalized spacial score (nSPS) is 18.8. The maximum Gasteiger partial charge on any atom is 0.573 e. The zero-order chi connectivity index (χ0) is 20.1. The Kier molecular flexibility index (Phi) is 7.20. The molecule has 148 valence electrons. The summed E-state index contributed by atoms with van der Waals surface area (Å²) in [6, 6.07) is 5.82. The van der Waals surface area contributed by atoms with Gasteiger partial charge in [-0.15, -0.1) is 13.2 Å². The molecule has 0 spiro atoms. The van der Waals surface area contributed by atoms with Crippen molar-refractivity contribution in [1.82, 2.24) is 4.90 Å². The molecule has 1 aromatic rings. The van der Waals surface area contributed by atoms with E-state index in [0.717, 1.165) is 18.4 Å². The second-order valence-corrected chi connectivity index (χ2v) is 7.19. The van der Waals surface area contributed by atoms with Crippen LogP contribution >= 0.6 is 0 Å². The summed E-state index contributed by atoms with van der Waals surface area (Å²) in [6.45, 7) is 4.03. The lowest BCUT2D eigenvalue weighted by Crippen LogP contribution is -2.41. The van der Waals surface area contributed by atoms with Gasteiger partial charge in [0, 0.05) is 11.9 Å². The van der Waals surface area contributed by atoms with Gasteiger partial charge in [-0.05, 0) is 56.0 Å². The fourth-order valence-corrected chi connectivity index (χ4v) is 3.62. The molecule has 8 heteroatoms. The molecule has 4 nitrogen and oxygen atoms in total. The van der Waals surface area contributed by atoms with Crippen molar-refractivity contribution >= 4 is 13.8 Å². The fraction of sp³-hybridized carbons (Fsp3) is 0.632. The molecule has 1 aliphatic rings. The Labute approximate surface area is 159 Å². The van der Waals surface area contributed by atoms with E-state index in [9.17, 15) is 23.1 Å². The number of carbonyl (C=O) groups is 1. The van der Waals surface area contributed by atoms with Crippen LogP contribution in [0.25, 0.3) is 0 Å². The minimum Gasteiger partial charge on any atom is -0.481 e. The molecule has 1 N–H and O–H groups in total. The van der Waals surface area contributed by atoms with Gasteiger partial charge in [-0.3, -0.25) is 9.69 Å². The van der Waals surface area contributed by atoms with Crippen molar-refractivity contribution in [2.75, 3.05) is 13.1 Å². The molecule has 1 aliphatic heterocycles. The summed E-state index contributed by atoms with van der Waals surface area (Å²) < 4.78 is 40.5. The number of benzene rings is 1. The summed E-state index contributed by atoms with van der Waals surface area (Å²) in [4.78, 5) is 13.9. The maximum atomic E-state index is 12.2. The number of halogens is 3. The number of hydrogen-bond acceptors (Lipinski definition) is 3. The minimum atomic E-state index is -4.69. The molecule has 1 atom stereocenters. The van der Waals surface area contributed by atoms with Gasteiger partial charge in [0.15, 0.2) is 0 Å². The second kappa shape index (κ2) is 9.00. The highest BCUT2D eigenvalue weighted by Crippen LogP contribution is 2.43. The third kappa shape index (κ3) is 6.16. The molecule has 1 unspecified atom stereocenters. The molecule has 1 saturated heterocycles. The highest BCUT2D eigenvalue weighted by atomic mass is 19.4. The monoisotopic (exact) mass is 383 g/mol. The lowest BCUT2D eigenvalue weighted by molar-refractivity contribution is -0.274. The summed E-state index contributed by atoms with van der Waals surface area (Å²) in [5.41, 5.74) is 0.881. The van der Waals surface area contributed by atoms with E-state index in [1.54, 1.807) is 12.1 Å². The second-order valence-electron chi connectivity index (χ2n) is 7.19. The number of hydrogen-bond donors (Lipinski definition) is 1. The van der Waals surface area contributed by atoms with E-state index in [2.05, 4.69) is 9.64 Å². The number of aliphatic carboxylic acids is 1. The summed E-state index contributed by atoms with van der Waals surface area (Å²) in [7, 11) is 6.24. The van der Waals surface area contributed by atoms with Gasteiger partial charge in [-0.25, -0.2) is 0 Å². The van der Waals surface area contributed by atoms with Crippen molar-refractivity contribution in [3.8, 4) is 5.75 Å². The zero-order valence-electron chi connectivity index (χ0n) is 15.5. The highest BCUT2D eigenvalue weighted by molar-refractivity contribution is 6.26. The van der Waals surface area contributed by atoms with E-state index in [-0.39, 0.29) is 11.7 Å². The van der Waals surface area contributed by atoms with Crippen LogP contribution in [0.1, 0.15) is 44.6 Å². The van der Waals surface area contributed by atoms with Crippen molar-refractivity contribution < 1.29 is 27.8 Å². The number of nitrogens with zero attached hydrogens (tertiary/aromatic N) is 1. The zero-order valence-corrected chi connectivity index (χ0v) is 15.5. The van der Waals surface area contributed by atoms with Crippen LogP contribution in [-0.4, -0.2) is 43.3 Å². The molecule has 0 saturated carbocycles. The third-order valence-electron chi connectivity index (χ3n) is 5.22. The van der Waals surface area contributed by atoms with E-state index < -0.39 is 17.6 Å². The Balaban J connectivity index is 1.89. The first-order valence-electron chi connectivity index (χ1n) is 9.23. The van der Waals surface area contributed by atoms with Crippen LogP contribution in [0.3, 0.4) is 0 Å². The van der Waals surface area contributed by atoms with Gasteiger partial charge in [-0.1, -0.05) is 31.9 Å². The standard InChI is InChI=1S/C19H25BF3NO3/c1-2-3-10-18(20,17(25)26)15-8-11-24(12-9-15)13-14-4-6-16(7-5-14)27-19(21,22)23/h4-7,15H,2-3,8-13H2,1H3,(H,25,26). The van der Waals surface area contributed by atoms with Crippen molar-refractivity contribution in [3.05, 3.63) is 29.8 Å². The first kappa shape index (κ1) is 21.6. The highest BCUT2D eigenvalue weighted by Gasteiger charge is 2.41. The molecule has 1 fully saturated rings. The Bertz CT molecular complexity index is 616. The summed E-state index contributed by atoms with van der Waals surface area (Å²) in [6.07, 6.45) is -1.14. The Morgan fingerprint density at radius 2 is 1.85 bits per heavy atom. The predicted octanol–water partition coefficient (Wildman–Crippen LogP) is 4.40. The maximum absolute atomic E-state index is 12.2. The van der Waals surface area contributed by atoms with Gasteiger partial charge in [0.1, 0.15) is 5.75 Å². The van der Waals surface area contributed by atoms with Crippen molar-refractivity contribution in [3.63, 3.8) is 0 Å². The van der Waals surface area contributed by atoms with Crippen LogP contribution in [0.2, 0.25) is 5.31 Å². The molecular weight excluding hydrogens is 358 g/mol. The topological polar surface area (TPSA) is 49.8 Å². The number of carboxylic acids is 1. The molecule has 27 heavy (non-hydrogen) atoms. The van der Waals surface area contributed by atoms with Crippen LogP contribution < -0.4 is 4.74 Å². The lowest BCUT2D eigenvalue weighted by atomic mass is 9.56. The van der Waals surface area contributed by atoms with Crippen LogP contribution in [0, 0.1) is 5.92 Å². The molecule has 0 amide bonds. The van der Waals surface area contributed by atoms with Gasteiger partial charge in [0.25, 0.3) is 0 Å². The number of ether oxygens (including phenoxy) is 1. The summed E-state index contributed by atoms with van der Waals surface area (Å²) in [5, 5.41) is 8.41. The first-order chi connectivity index (χ1) is 12.6. The lowest BCUT2D eigenvalue weighted by Gasteiger charge is -2.40. The molecule has 0 aliphatic carbocycles. The Hall–Kier alpha value is -1.70. The van der Waals surface area contributed by atoms with E-state index in [4.69, 9.17) is 7.85 Å². The van der Waals surface area contributed by atoms with Crippen LogP contribution in [0.15, 0.2) is 24.3 Å². The van der Waals surface area contributed by atoms with Gasteiger partial charge in [0.05, 0.1) is 7.85 Å². The van der Waals surface area contributed by atoms with Crippen LogP contribution in [0.5, 0.6) is 5.75 Å². The number of likely N-dealkylation sites (tertiary alicyclic amines) is 1. The Morgan fingerprint density at radius 1 is 1.26 bits per heavy atom. The first-order valence-corrected chi connectivity index (χ1v) is 9.23. The number of alkyl halides is 3. The molecule has 2 rings (SSSR count). The smallest absolute Gasteiger partial charge is 0.481 e. The largest absolute Gasteiger partial charge is 0.573 e. The van der Waals surface area contributed by atoms with Gasteiger partial charge in [-0.2, -0.15) is 0 Å². The number of unbranched alkanes of at least 4 members (excludes halogenated alkanes) is 1. The average molecular weight is 383 g/mol. The van der Waals surface area contributed by atoms with E-state index >= 15 is 0 Å². The Morgan fingerprint density at radius 3 is 2.33 bits per heavy atom. The molecule has 1 heterocycles. The summed E-state index contributed by atoms with van der Waals surface area (Å²) >= 11 is 0. The van der Waals surface area contributed by atoms with Crippen molar-refractivity contribution in [1.29, 1.82) is 0 Å². The average Bonchev–Trinajstić information content (AvgIpc) is 2.60. The SMILES string of the molecule is [B]C(CCCC)(C(=O)O)C1CCN(Cc2ccc(OC(F)(F)F)cc2)CC1. The van der Waals surface area contributed by atoms with Crippen LogP contribution in [0.4, 0.5) is 13.2 Å². The van der Waals surface area contributed by atoms with Crippen LogP contribution in [-0.2, 0) is 11.3 Å². The fourth-order valence-electron chi connectivity index (χ4n) is 3.62. The number of rotatable bonds is 8. The van der Waals surface area contributed by atoms with E-state index in [1.807, 2.05) is 6.92 Å². The molecule has 0 aromatic heterocycles. The quantitative estimate of drug-likeness (QED) is 0.677. The van der Waals surface area contributed by atoms with E-state index in [1.165, 1.54) is 12.1 Å². The molecule has 1 aromatic carbocycles. The predicted molar refractivity (Wildman–Crippen MR) is 96.7 cm³/mol. The van der Waals surface area contributed by atoms with Gasteiger partial charge < -0.3 is 9.84 Å². The third-order valence-corrected chi connectivity index (χ3v) is 5.22. The van der Waals surface area contributed by atoms with Gasteiger partial charge in [0.2, 0.25) is 0 Å². The molecule has 0 bridgehead atoms. The van der Waals surface area contributed by atoms with E-state index in [0.29, 0.717) is 38.9 Å². The number of piperidine rings is 1. The molecular formula is C19H25BF3NO3. The summed E-state index contributed by atoms with van der Waals surface area (Å²) in [5.74, 6) is -1.25.